The van der Waals surface area contributed by atoms with Crippen molar-refractivity contribution in [1.82, 2.24) is 15.6 Å². The van der Waals surface area contributed by atoms with Crippen LogP contribution in [0.15, 0.2) is 41.5 Å². The summed E-state index contributed by atoms with van der Waals surface area (Å²) in [7, 11) is 1.77. The fourth-order valence-electron chi connectivity index (χ4n) is 3.59. The molecule has 2 aliphatic heterocycles. The highest BCUT2D eigenvalue weighted by atomic mass is 16.7. The summed E-state index contributed by atoms with van der Waals surface area (Å²) >= 11 is 0. The molecule has 29 heavy (non-hydrogen) atoms. The molecule has 3 heterocycles. The third-order valence-electron chi connectivity index (χ3n) is 5.50. The number of rotatable bonds is 5. The van der Waals surface area contributed by atoms with E-state index in [1.165, 1.54) is 12.8 Å². The molecule has 0 unspecified atom stereocenters. The monoisotopic (exact) mass is 395 g/mol. The number of aliphatic imine (C=N–C) groups is 1. The lowest BCUT2D eigenvalue weighted by atomic mass is 9.99. The predicted molar refractivity (Wildman–Crippen MR) is 114 cm³/mol. The van der Waals surface area contributed by atoms with Crippen molar-refractivity contribution in [2.45, 2.75) is 32.9 Å². The van der Waals surface area contributed by atoms with Crippen LogP contribution >= 0.6 is 0 Å². The van der Waals surface area contributed by atoms with Gasteiger partial charge >= 0.3 is 0 Å². The molecule has 1 aromatic heterocycles. The molecule has 1 saturated heterocycles. The molecular formula is C22H29N5O2. The Labute approximate surface area is 172 Å². The summed E-state index contributed by atoms with van der Waals surface area (Å²) in [4.78, 5) is 11.3. The van der Waals surface area contributed by atoms with Gasteiger partial charge in [-0.05, 0) is 48.1 Å². The van der Waals surface area contributed by atoms with Gasteiger partial charge in [-0.1, -0.05) is 19.1 Å². The van der Waals surface area contributed by atoms with Gasteiger partial charge in [0.25, 0.3) is 0 Å². The van der Waals surface area contributed by atoms with E-state index in [9.17, 15) is 0 Å². The molecule has 0 radical (unpaired) electrons. The molecule has 4 rings (SSSR count). The highest BCUT2D eigenvalue weighted by Gasteiger charge is 2.17. The fourth-order valence-corrected chi connectivity index (χ4v) is 3.59. The van der Waals surface area contributed by atoms with E-state index in [0.29, 0.717) is 19.9 Å². The second kappa shape index (κ2) is 9.03. The SMILES string of the molecule is CN=C(NCc1ccc(N2CCC(C)CC2)nc1)NCc1ccc2c(c1)OCO2. The molecule has 0 bridgehead atoms. The Morgan fingerprint density at radius 1 is 1.07 bits per heavy atom. The second-order valence-electron chi connectivity index (χ2n) is 7.66. The van der Waals surface area contributed by atoms with Crippen LogP contribution < -0.4 is 25.0 Å². The highest BCUT2D eigenvalue weighted by Crippen LogP contribution is 2.32. The molecule has 2 aliphatic rings. The Bertz CT molecular complexity index is 845. The number of piperidine rings is 1. The summed E-state index contributed by atoms with van der Waals surface area (Å²) in [6.07, 6.45) is 4.44. The van der Waals surface area contributed by atoms with Gasteiger partial charge in [-0.15, -0.1) is 0 Å². The van der Waals surface area contributed by atoms with E-state index in [2.05, 4.69) is 44.6 Å². The van der Waals surface area contributed by atoms with E-state index in [1.807, 2.05) is 24.4 Å². The topological polar surface area (TPSA) is 71.0 Å². The molecule has 7 heteroatoms. The van der Waals surface area contributed by atoms with Gasteiger partial charge in [-0.3, -0.25) is 4.99 Å². The average molecular weight is 396 g/mol. The Morgan fingerprint density at radius 2 is 1.79 bits per heavy atom. The molecule has 1 aromatic carbocycles. The Morgan fingerprint density at radius 3 is 2.52 bits per heavy atom. The quantitative estimate of drug-likeness (QED) is 0.599. The molecule has 0 aliphatic carbocycles. The zero-order valence-electron chi connectivity index (χ0n) is 17.1. The minimum Gasteiger partial charge on any atom is -0.454 e. The van der Waals surface area contributed by atoms with Crippen molar-refractivity contribution in [3.63, 3.8) is 0 Å². The number of hydrogen-bond donors (Lipinski definition) is 2. The molecule has 0 atom stereocenters. The Kier molecular flexibility index (Phi) is 6.03. The normalized spacial score (nSPS) is 16.8. The van der Waals surface area contributed by atoms with Gasteiger partial charge in [-0.25, -0.2) is 4.98 Å². The van der Waals surface area contributed by atoms with Crippen LogP contribution in [0.5, 0.6) is 11.5 Å². The number of pyridine rings is 1. The maximum absolute atomic E-state index is 5.43. The molecule has 1 fully saturated rings. The number of guanidine groups is 1. The predicted octanol–water partition coefficient (Wildman–Crippen LogP) is 2.91. The standard InChI is InChI=1S/C22H29N5O2/c1-16-7-9-27(10-8-16)21-6-4-18(13-24-21)14-26-22(23-2)25-12-17-3-5-19-20(11-17)29-15-28-19/h3-6,11,13,16H,7-10,12,14-15H2,1-2H3,(H2,23,25,26). The van der Waals surface area contributed by atoms with Gasteiger partial charge in [0.2, 0.25) is 6.79 Å². The van der Waals surface area contributed by atoms with Gasteiger partial charge in [0.15, 0.2) is 17.5 Å². The maximum Gasteiger partial charge on any atom is 0.231 e. The zero-order chi connectivity index (χ0) is 20.1. The number of benzene rings is 1. The van der Waals surface area contributed by atoms with E-state index in [1.54, 1.807) is 7.05 Å². The molecule has 7 nitrogen and oxygen atoms in total. The van der Waals surface area contributed by atoms with Crippen molar-refractivity contribution in [2.24, 2.45) is 10.9 Å². The van der Waals surface area contributed by atoms with Crippen molar-refractivity contribution in [3.05, 3.63) is 47.7 Å². The molecule has 2 aromatic rings. The van der Waals surface area contributed by atoms with Crippen molar-refractivity contribution >= 4 is 11.8 Å². The first-order chi connectivity index (χ1) is 14.2. The van der Waals surface area contributed by atoms with Gasteiger partial charge in [-0.2, -0.15) is 0 Å². The molecular weight excluding hydrogens is 366 g/mol. The molecule has 0 saturated carbocycles. The number of ether oxygens (including phenoxy) is 2. The Balaban J connectivity index is 1.26. The van der Waals surface area contributed by atoms with Crippen LogP contribution in [0.4, 0.5) is 5.82 Å². The van der Waals surface area contributed by atoms with Crippen molar-refractivity contribution in [1.29, 1.82) is 0 Å². The van der Waals surface area contributed by atoms with Gasteiger partial charge in [0.05, 0.1) is 0 Å². The van der Waals surface area contributed by atoms with Crippen LogP contribution in [0.1, 0.15) is 30.9 Å². The first kappa shape index (κ1) is 19.4. The fraction of sp³-hybridized carbons (Fsp3) is 0.455. The summed E-state index contributed by atoms with van der Waals surface area (Å²) < 4.78 is 10.8. The van der Waals surface area contributed by atoms with Crippen LogP contribution in [0, 0.1) is 5.92 Å². The lowest BCUT2D eigenvalue weighted by molar-refractivity contribution is 0.174. The minimum atomic E-state index is 0.291. The largest absolute Gasteiger partial charge is 0.454 e. The van der Waals surface area contributed by atoms with Gasteiger partial charge in [0.1, 0.15) is 5.82 Å². The first-order valence-electron chi connectivity index (χ1n) is 10.2. The van der Waals surface area contributed by atoms with E-state index in [0.717, 1.165) is 53.4 Å². The van der Waals surface area contributed by atoms with Crippen LogP contribution in [-0.4, -0.2) is 37.9 Å². The summed E-state index contributed by atoms with van der Waals surface area (Å²) in [5.41, 5.74) is 2.24. The Hall–Kier alpha value is -2.96. The van der Waals surface area contributed by atoms with Crippen LogP contribution in [0.25, 0.3) is 0 Å². The summed E-state index contributed by atoms with van der Waals surface area (Å²) in [5, 5.41) is 6.67. The van der Waals surface area contributed by atoms with E-state index >= 15 is 0 Å². The lowest BCUT2D eigenvalue weighted by Crippen LogP contribution is -2.36. The van der Waals surface area contributed by atoms with Crippen LogP contribution in [0.2, 0.25) is 0 Å². The number of nitrogens with zero attached hydrogens (tertiary/aromatic N) is 3. The van der Waals surface area contributed by atoms with Gasteiger partial charge in [0, 0.05) is 39.4 Å². The van der Waals surface area contributed by atoms with Crippen molar-refractivity contribution in [3.8, 4) is 11.5 Å². The van der Waals surface area contributed by atoms with E-state index in [4.69, 9.17) is 9.47 Å². The molecule has 154 valence electrons. The molecule has 2 N–H and O–H groups in total. The maximum atomic E-state index is 5.43. The second-order valence-corrected chi connectivity index (χ2v) is 7.66. The molecule has 0 amide bonds. The van der Waals surface area contributed by atoms with Crippen LogP contribution in [0.3, 0.4) is 0 Å². The number of hydrogen-bond acceptors (Lipinski definition) is 5. The molecule has 0 spiro atoms. The van der Waals surface area contributed by atoms with Crippen LogP contribution in [-0.2, 0) is 13.1 Å². The highest BCUT2D eigenvalue weighted by molar-refractivity contribution is 5.79. The number of aromatic nitrogens is 1. The van der Waals surface area contributed by atoms with Crippen molar-refractivity contribution in [2.75, 3.05) is 31.8 Å². The zero-order valence-corrected chi connectivity index (χ0v) is 17.1. The first-order valence-corrected chi connectivity index (χ1v) is 10.2. The van der Waals surface area contributed by atoms with E-state index < -0.39 is 0 Å². The van der Waals surface area contributed by atoms with Gasteiger partial charge < -0.3 is 25.0 Å². The number of anilines is 1. The lowest BCUT2D eigenvalue weighted by Gasteiger charge is -2.31. The average Bonchev–Trinajstić information content (AvgIpc) is 3.23. The smallest absolute Gasteiger partial charge is 0.231 e. The third-order valence-corrected chi connectivity index (χ3v) is 5.50. The number of nitrogens with one attached hydrogen (secondary N) is 2. The third kappa shape index (κ3) is 4.91. The summed E-state index contributed by atoms with van der Waals surface area (Å²) in [5.74, 6) is 4.24. The van der Waals surface area contributed by atoms with E-state index in [-0.39, 0.29) is 0 Å². The summed E-state index contributed by atoms with van der Waals surface area (Å²) in [6.45, 7) is 6.14. The minimum absolute atomic E-state index is 0.291. The summed E-state index contributed by atoms with van der Waals surface area (Å²) in [6, 6.07) is 10.2. The van der Waals surface area contributed by atoms with Crippen molar-refractivity contribution < 1.29 is 9.47 Å². The number of fused-ring (bicyclic) bond motifs is 1.